The molecule has 0 amide bonds. The Morgan fingerprint density at radius 3 is 2.55 bits per heavy atom. The van der Waals surface area contributed by atoms with Crippen LogP contribution in [0.5, 0.6) is 5.75 Å². The summed E-state index contributed by atoms with van der Waals surface area (Å²) in [5.74, 6) is -0.613. The highest BCUT2D eigenvalue weighted by atomic mass is 79.9. The van der Waals surface area contributed by atoms with Gasteiger partial charge in [0.15, 0.2) is 0 Å². The SMILES string of the molecule is Cc1c(COc2ccc(/C=C(\C#N)C(=O)O)cc2Br)cccc1-c1ccccc1. The molecule has 3 rings (SSSR count). The Morgan fingerprint density at radius 1 is 1.14 bits per heavy atom. The van der Waals surface area contributed by atoms with E-state index >= 15 is 0 Å². The lowest BCUT2D eigenvalue weighted by molar-refractivity contribution is -0.132. The predicted octanol–water partition coefficient (Wildman–Crippen LogP) is 6.00. The molecule has 4 nitrogen and oxygen atoms in total. The van der Waals surface area contributed by atoms with E-state index in [-0.39, 0.29) is 5.57 Å². The summed E-state index contributed by atoms with van der Waals surface area (Å²) in [5.41, 5.74) is 4.86. The Balaban J connectivity index is 1.79. The van der Waals surface area contributed by atoms with E-state index in [1.54, 1.807) is 24.3 Å². The van der Waals surface area contributed by atoms with Crippen molar-refractivity contribution in [1.82, 2.24) is 0 Å². The van der Waals surface area contributed by atoms with Crippen LogP contribution in [0.15, 0.2) is 76.8 Å². The van der Waals surface area contributed by atoms with Crippen LogP contribution in [-0.2, 0) is 11.4 Å². The third kappa shape index (κ3) is 4.92. The number of carbonyl (C=O) groups is 1. The molecule has 0 saturated carbocycles. The number of benzene rings is 3. The van der Waals surface area contributed by atoms with E-state index in [4.69, 9.17) is 15.1 Å². The van der Waals surface area contributed by atoms with Crippen LogP contribution >= 0.6 is 15.9 Å². The normalized spacial score (nSPS) is 11.0. The van der Waals surface area contributed by atoms with Gasteiger partial charge in [0.05, 0.1) is 4.47 Å². The molecule has 0 aliphatic heterocycles. The highest BCUT2D eigenvalue weighted by molar-refractivity contribution is 9.10. The molecule has 0 bridgehead atoms. The van der Waals surface area contributed by atoms with Gasteiger partial charge in [0, 0.05) is 0 Å². The Morgan fingerprint density at radius 2 is 1.90 bits per heavy atom. The molecule has 0 radical (unpaired) electrons. The lowest BCUT2D eigenvalue weighted by Gasteiger charge is -2.14. The minimum atomic E-state index is -1.25. The number of nitrogens with zero attached hydrogens (tertiary/aromatic N) is 1. The summed E-state index contributed by atoms with van der Waals surface area (Å²) in [7, 11) is 0. The highest BCUT2D eigenvalue weighted by Gasteiger charge is 2.10. The van der Waals surface area contributed by atoms with E-state index in [9.17, 15) is 4.79 Å². The molecule has 0 spiro atoms. The first-order valence-corrected chi connectivity index (χ1v) is 9.70. The van der Waals surface area contributed by atoms with E-state index in [1.165, 1.54) is 11.6 Å². The zero-order valence-electron chi connectivity index (χ0n) is 15.7. The topological polar surface area (TPSA) is 70.3 Å². The van der Waals surface area contributed by atoms with Crippen LogP contribution < -0.4 is 4.74 Å². The van der Waals surface area contributed by atoms with Gasteiger partial charge in [-0.1, -0.05) is 54.6 Å². The molecule has 0 fully saturated rings. The second-order valence-corrected chi connectivity index (χ2v) is 7.26. The van der Waals surface area contributed by atoms with Gasteiger partial charge in [-0.15, -0.1) is 0 Å². The highest BCUT2D eigenvalue weighted by Crippen LogP contribution is 2.30. The predicted molar refractivity (Wildman–Crippen MR) is 116 cm³/mol. The maximum atomic E-state index is 11.0. The van der Waals surface area contributed by atoms with Crippen molar-refractivity contribution in [2.24, 2.45) is 0 Å². The summed E-state index contributed by atoms with van der Waals surface area (Å²) < 4.78 is 6.67. The van der Waals surface area contributed by atoms with Crippen molar-refractivity contribution in [3.63, 3.8) is 0 Å². The lowest BCUT2D eigenvalue weighted by atomic mass is 9.97. The van der Waals surface area contributed by atoms with Crippen LogP contribution in [0.4, 0.5) is 0 Å². The lowest BCUT2D eigenvalue weighted by Crippen LogP contribution is -2.00. The van der Waals surface area contributed by atoms with Gasteiger partial charge >= 0.3 is 5.97 Å². The first kappa shape index (κ1) is 20.4. The van der Waals surface area contributed by atoms with E-state index < -0.39 is 5.97 Å². The summed E-state index contributed by atoms with van der Waals surface area (Å²) in [6.07, 6.45) is 1.32. The van der Waals surface area contributed by atoms with Gasteiger partial charge in [0.2, 0.25) is 0 Å². The molecule has 0 heterocycles. The van der Waals surface area contributed by atoms with E-state index in [0.717, 1.165) is 16.7 Å². The van der Waals surface area contributed by atoms with Crippen LogP contribution in [0.2, 0.25) is 0 Å². The van der Waals surface area contributed by atoms with E-state index in [1.807, 2.05) is 30.3 Å². The smallest absolute Gasteiger partial charge is 0.346 e. The van der Waals surface area contributed by atoms with Crippen molar-refractivity contribution in [2.45, 2.75) is 13.5 Å². The molecule has 0 aliphatic carbocycles. The van der Waals surface area contributed by atoms with Crippen LogP contribution in [0.25, 0.3) is 17.2 Å². The fraction of sp³-hybridized carbons (Fsp3) is 0.0833. The number of carboxylic acids is 1. The van der Waals surface area contributed by atoms with Gasteiger partial charge in [-0.3, -0.25) is 0 Å². The summed E-state index contributed by atoms with van der Waals surface area (Å²) in [5, 5.41) is 17.9. The van der Waals surface area contributed by atoms with Crippen molar-refractivity contribution in [3.8, 4) is 22.9 Å². The molecule has 144 valence electrons. The van der Waals surface area contributed by atoms with Crippen LogP contribution in [0.3, 0.4) is 0 Å². The number of nitriles is 1. The molecule has 29 heavy (non-hydrogen) atoms. The van der Waals surface area contributed by atoms with Gasteiger partial charge < -0.3 is 9.84 Å². The number of hydrogen-bond donors (Lipinski definition) is 1. The third-order valence-electron chi connectivity index (χ3n) is 4.53. The number of hydrogen-bond acceptors (Lipinski definition) is 3. The maximum absolute atomic E-state index is 11.0. The fourth-order valence-electron chi connectivity index (χ4n) is 2.96. The Bertz CT molecular complexity index is 1110. The number of carboxylic acid groups (broad SMARTS) is 1. The summed E-state index contributed by atoms with van der Waals surface area (Å²) in [6.45, 7) is 2.48. The zero-order chi connectivity index (χ0) is 20.8. The largest absolute Gasteiger partial charge is 0.488 e. The van der Waals surface area contributed by atoms with Crippen molar-refractivity contribution in [3.05, 3.63) is 93.5 Å². The number of ether oxygens (including phenoxy) is 1. The number of halogens is 1. The van der Waals surface area contributed by atoms with Gasteiger partial charge in [0.1, 0.15) is 24.0 Å². The standard InChI is InChI=1S/C24H18BrNO3/c1-16-19(8-5-9-21(16)18-6-3-2-4-7-18)15-29-23-11-10-17(13-22(23)25)12-20(14-26)24(27)28/h2-13H,15H2,1H3,(H,27,28)/b20-12+. The third-order valence-corrected chi connectivity index (χ3v) is 5.15. The molecule has 3 aromatic carbocycles. The Kier molecular flexibility index (Phi) is 6.48. The average Bonchev–Trinajstić information content (AvgIpc) is 2.72. The van der Waals surface area contributed by atoms with E-state index in [2.05, 4.69) is 41.1 Å². The maximum Gasteiger partial charge on any atom is 0.346 e. The second-order valence-electron chi connectivity index (χ2n) is 6.41. The summed E-state index contributed by atoms with van der Waals surface area (Å²) >= 11 is 3.45. The summed E-state index contributed by atoms with van der Waals surface area (Å²) in [6, 6.07) is 23.2. The Labute approximate surface area is 177 Å². The average molecular weight is 448 g/mol. The first-order valence-electron chi connectivity index (χ1n) is 8.91. The second kappa shape index (κ2) is 9.22. The minimum absolute atomic E-state index is 0.320. The van der Waals surface area contributed by atoms with Gasteiger partial charge in [-0.2, -0.15) is 5.26 Å². The molecule has 0 atom stereocenters. The summed E-state index contributed by atoms with van der Waals surface area (Å²) in [4.78, 5) is 11.0. The number of aliphatic carboxylic acids is 1. The molecule has 5 heteroatoms. The molecule has 3 aromatic rings. The van der Waals surface area contributed by atoms with Crippen molar-refractivity contribution >= 4 is 28.0 Å². The van der Waals surface area contributed by atoms with Crippen LogP contribution in [0.1, 0.15) is 16.7 Å². The first-order chi connectivity index (χ1) is 14.0. The monoisotopic (exact) mass is 447 g/mol. The van der Waals surface area contributed by atoms with E-state index in [0.29, 0.717) is 22.4 Å². The molecule has 0 aliphatic rings. The molecule has 0 unspecified atom stereocenters. The van der Waals surface area contributed by atoms with Crippen LogP contribution in [0, 0.1) is 18.3 Å². The Hall–Kier alpha value is -3.36. The van der Waals surface area contributed by atoms with Crippen LogP contribution in [-0.4, -0.2) is 11.1 Å². The minimum Gasteiger partial charge on any atom is -0.488 e. The molecule has 1 N–H and O–H groups in total. The van der Waals surface area contributed by atoms with Gasteiger partial charge in [-0.05, 0) is 68.9 Å². The number of rotatable bonds is 6. The van der Waals surface area contributed by atoms with Gasteiger partial charge in [-0.25, -0.2) is 4.79 Å². The fourth-order valence-corrected chi connectivity index (χ4v) is 3.47. The molecular weight excluding hydrogens is 430 g/mol. The quantitative estimate of drug-likeness (QED) is 0.371. The van der Waals surface area contributed by atoms with Gasteiger partial charge in [0.25, 0.3) is 0 Å². The molecule has 0 aromatic heterocycles. The van der Waals surface area contributed by atoms with Crippen molar-refractivity contribution < 1.29 is 14.6 Å². The molecular formula is C24H18BrNO3. The zero-order valence-corrected chi connectivity index (χ0v) is 17.3. The molecule has 0 saturated heterocycles. The van der Waals surface area contributed by atoms with Crippen molar-refractivity contribution in [1.29, 1.82) is 5.26 Å². The van der Waals surface area contributed by atoms with Crippen molar-refractivity contribution in [2.75, 3.05) is 0 Å².